The van der Waals surface area contributed by atoms with Gasteiger partial charge in [-0.1, -0.05) is 29.5 Å². The predicted molar refractivity (Wildman–Crippen MR) is 119 cm³/mol. The molecule has 0 unspecified atom stereocenters. The molecule has 2 heterocycles. The summed E-state index contributed by atoms with van der Waals surface area (Å²) in [5, 5.41) is 0.690. The number of nitrogens with zero attached hydrogens (tertiary/aromatic N) is 5. The standard InChI is InChI=1S/C22H23N5OS/c1-14-11-15(2)20-19(12-14)29-22(25-20)27(10-9-26(3)4)21(28)18-13-23-16-7-5-6-8-17(16)24-18/h5-8,11-13H,9-10H2,1-4H3. The number of hydrogen-bond acceptors (Lipinski definition) is 6. The summed E-state index contributed by atoms with van der Waals surface area (Å²) < 4.78 is 1.09. The van der Waals surface area contributed by atoms with Gasteiger partial charge in [-0.3, -0.25) is 14.7 Å². The van der Waals surface area contributed by atoms with Crippen LogP contribution in [-0.2, 0) is 0 Å². The molecule has 0 saturated heterocycles. The number of carbonyl (C=O) groups excluding carboxylic acids is 1. The third-order valence-corrected chi connectivity index (χ3v) is 5.76. The van der Waals surface area contributed by atoms with Gasteiger partial charge in [-0.15, -0.1) is 0 Å². The van der Waals surface area contributed by atoms with Crippen LogP contribution in [0.2, 0.25) is 0 Å². The van der Waals surface area contributed by atoms with Gasteiger partial charge in [-0.2, -0.15) is 0 Å². The van der Waals surface area contributed by atoms with Crippen molar-refractivity contribution in [2.75, 3.05) is 32.1 Å². The largest absolute Gasteiger partial charge is 0.308 e. The van der Waals surface area contributed by atoms with Crippen molar-refractivity contribution in [1.82, 2.24) is 19.9 Å². The summed E-state index contributed by atoms with van der Waals surface area (Å²) in [6.45, 7) is 5.38. The fourth-order valence-corrected chi connectivity index (χ4v) is 4.42. The molecular formula is C22H23N5OS. The Morgan fingerprint density at radius 1 is 1.03 bits per heavy atom. The molecular weight excluding hydrogens is 382 g/mol. The number of anilines is 1. The Hall–Kier alpha value is -2.90. The van der Waals surface area contributed by atoms with Crippen LogP contribution in [0.25, 0.3) is 21.3 Å². The van der Waals surface area contributed by atoms with Crippen LogP contribution in [0.5, 0.6) is 0 Å². The molecule has 4 rings (SSSR count). The molecule has 2 aromatic heterocycles. The highest BCUT2D eigenvalue weighted by Crippen LogP contribution is 2.32. The van der Waals surface area contributed by atoms with Crippen LogP contribution in [0.15, 0.2) is 42.6 Å². The van der Waals surface area contributed by atoms with Crippen molar-refractivity contribution in [1.29, 1.82) is 0 Å². The highest BCUT2D eigenvalue weighted by atomic mass is 32.1. The van der Waals surface area contributed by atoms with Crippen molar-refractivity contribution in [2.24, 2.45) is 0 Å². The van der Waals surface area contributed by atoms with Gasteiger partial charge in [0, 0.05) is 13.1 Å². The number of hydrogen-bond donors (Lipinski definition) is 0. The van der Waals surface area contributed by atoms with Crippen LogP contribution in [0, 0.1) is 13.8 Å². The topological polar surface area (TPSA) is 62.2 Å². The van der Waals surface area contributed by atoms with Gasteiger partial charge >= 0.3 is 0 Å². The fraction of sp³-hybridized carbons (Fsp3) is 0.273. The van der Waals surface area contributed by atoms with E-state index in [0.29, 0.717) is 22.9 Å². The maximum absolute atomic E-state index is 13.4. The second kappa shape index (κ2) is 7.85. The third kappa shape index (κ3) is 3.97. The molecule has 4 aromatic rings. The zero-order valence-electron chi connectivity index (χ0n) is 17.0. The first-order chi connectivity index (χ1) is 13.9. The Morgan fingerprint density at radius 3 is 2.55 bits per heavy atom. The zero-order valence-corrected chi connectivity index (χ0v) is 17.8. The molecule has 0 aliphatic heterocycles. The number of carbonyl (C=O) groups is 1. The Labute approximate surface area is 173 Å². The van der Waals surface area contributed by atoms with Crippen molar-refractivity contribution in [3.8, 4) is 0 Å². The number of benzene rings is 2. The van der Waals surface area contributed by atoms with Gasteiger partial charge in [0.2, 0.25) is 0 Å². The van der Waals surface area contributed by atoms with Crippen molar-refractivity contribution >= 4 is 43.6 Å². The minimum absolute atomic E-state index is 0.182. The number of aromatic nitrogens is 3. The maximum atomic E-state index is 13.4. The zero-order chi connectivity index (χ0) is 20.5. The molecule has 0 N–H and O–H groups in total. The molecule has 29 heavy (non-hydrogen) atoms. The summed E-state index contributed by atoms with van der Waals surface area (Å²) in [6.07, 6.45) is 1.55. The summed E-state index contributed by atoms with van der Waals surface area (Å²) in [5.74, 6) is -0.182. The molecule has 0 radical (unpaired) electrons. The summed E-state index contributed by atoms with van der Waals surface area (Å²) >= 11 is 1.54. The molecule has 0 aliphatic rings. The average Bonchev–Trinajstić information content (AvgIpc) is 3.11. The Bertz CT molecular complexity index is 1200. The molecule has 0 aliphatic carbocycles. The van der Waals surface area contributed by atoms with Gasteiger partial charge in [0.05, 0.1) is 27.4 Å². The number of para-hydroxylation sites is 2. The van der Waals surface area contributed by atoms with E-state index in [9.17, 15) is 4.79 Å². The van der Waals surface area contributed by atoms with Gasteiger partial charge in [0.25, 0.3) is 5.91 Å². The van der Waals surface area contributed by atoms with E-state index < -0.39 is 0 Å². The van der Waals surface area contributed by atoms with Crippen LogP contribution in [-0.4, -0.2) is 52.9 Å². The molecule has 0 bridgehead atoms. The minimum Gasteiger partial charge on any atom is -0.308 e. The lowest BCUT2D eigenvalue weighted by atomic mass is 10.1. The highest BCUT2D eigenvalue weighted by molar-refractivity contribution is 7.22. The van der Waals surface area contributed by atoms with E-state index >= 15 is 0 Å². The van der Waals surface area contributed by atoms with Crippen LogP contribution >= 0.6 is 11.3 Å². The Morgan fingerprint density at radius 2 is 1.79 bits per heavy atom. The van der Waals surface area contributed by atoms with E-state index in [4.69, 9.17) is 4.98 Å². The second-order valence-electron chi connectivity index (χ2n) is 7.43. The monoisotopic (exact) mass is 405 g/mol. The summed E-state index contributed by atoms with van der Waals surface area (Å²) in [5.41, 5.74) is 5.07. The molecule has 2 aromatic carbocycles. The van der Waals surface area contributed by atoms with E-state index in [2.05, 4.69) is 40.8 Å². The predicted octanol–water partition coefficient (Wildman–Crippen LogP) is 4.06. The normalized spacial score (nSPS) is 11.5. The van der Waals surface area contributed by atoms with E-state index in [1.165, 1.54) is 16.9 Å². The van der Waals surface area contributed by atoms with Crippen LogP contribution in [0.1, 0.15) is 21.6 Å². The van der Waals surface area contributed by atoms with E-state index in [-0.39, 0.29) is 5.91 Å². The highest BCUT2D eigenvalue weighted by Gasteiger charge is 2.23. The van der Waals surface area contributed by atoms with Crippen LogP contribution < -0.4 is 4.90 Å². The van der Waals surface area contributed by atoms with E-state index in [1.807, 2.05) is 38.4 Å². The lowest BCUT2D eigenvalue weighted by Gasteiger charge is -2.21. The molecule has 7 heteroatoms. The Balaban J connectivity index is 1.76. The van der Waals surface area contributed by atoms with Gasteiger partial charge in [-0.25, -0.2) is 9.97 Å². The van der Waals surface area contributed by atoms with Gasteiger partial charge in [0.15, 0.2) is 5.13 Å². The summed E-state index contributed by atoms with van der Waals surface area (Å²) in [7, 11) is 3.98. The fourth-order valence-electron chi connectivity index (χ4n) is 3.26. The van der Waals surface area contributed by atoms with Gasteiger partial charge in [0.1, 0.15) is 5.69 Å². The first-order valence-corrected chi connectivity index (χ1v) is 10.3. The second-order valence-corrected chi connectivity index (χ2v) is 8.44. The lowest BCUT2D eigenvalue weighted by Crippen LogP contribution is -2.37. The van der Waals surface area contributed by atoms with Crippen molar-refractivity contribution in [3.05, 3.63) is 59.4 Å². The van der Waals surface area contributed by atoms with Crippen molar-refractivity contribution in [2.45, 2.75) is 13.8 Å². The van der Waals surface area contributed by atoms with E-state index in [1.54, 1.807) is 11.1 Å². The van der Waals surface area contributed by atoms with Gasteiger partial charge < -0.3 is 4.90 Å². The van der Waals surface area contributed by atoms with Crippen molar-refractivity contribution < 1.29 is 4.79 Å². The minimum atomic E-state index is -0.182. The average molecular weight is 406 g/mol. The molecule has 0 spiro atoms. The number of amides is 1. The summed E-state index contributed by atoms with van der Waals surface area (Å²) in [6, 6.07) is 11.8. The van der Waals surface area contributed by atoms with Crippen LogP contribution in [0.3, 0.4) is 0 Å². The first kappa shape index (κ1) is 19.4. The number of aryl methyl sites for hydroxylation is 2. The molecule has 148 valence electrons. The molecule has 0 atom stereocenters. The number of rotatable bonds is 5. The molecule has 0 saturated carbocycles. The van der Waals surface area contributed by atoms with E-state index in [0.717, 1.165) is 27.8 Å². The molecule has 6 nitrogen and oxygen atoms in total. The number of likely N-dealkylation sites (N-methyl/N-ethyl adjacent to an activating group) is 1. The number of fused-ring (bicyclic) bond motifs is 2. The van der Waals surface area contributed by atoms with Crippen LogP contribution in [0.4, 0.5) is 5.13 Å². The Kier molecular flexibility index (Phi) is 5.25. The lowest BCUT2D eigenvalue weighted by molar-refractivity contribution is 0.0980. The molecule has 1 amide bonds. The number of thiazole rings is 1. The molecule has 0 fully saturated rings. The summed E-state index contributed by atoms with van der Waals surface area (Å²) in [4.78, 5) is 30.9. The quantitative estimate of drug-likeness (QED) is 0.501. The maximum Gasteiger partial charge on any atom is 0.280 e. The third-order valence-electron chi connectivity index (χ3n) is 4.73. The SMILES string of the molecule is Cc1cc(C)c2nc(N(CCN(C)C)C(=O)c3cnc4ccccc4n3)sc2c1. The van der Waals surface area contributed by atoms with Gasteiger partial charge in [-0.05, 0) is 57.3 Å². The smallest absolute Gasteiger partial charge is 0.280 e. The van der Waals surface area contributed by atoms with Crippen molar-refractivity contribution in [3.63, 3.8) is 0 Å². The first-order valence-electron chi connectivity index (χ1n) is 9.48.